The van der Waals surface area contributed by atoms with E-state index >= 15 is 0 Å². The van der Waals surface area contributed by atoms with Crippen molar-refractivity contribution >= 4 is 67.9 Å². The van der Waals surface area contributed by atoms with Gasteiger partial charge in [-0.1, -0.05) is 27.7 Å². The highest BCUT2D eigenvalue weighted by molar-refractivity contribution is 6.04. The van der Waals surface area contributed by atoms with Gasteiger partial charge in [0.25, 0.3) is 0 Å². The van der Waals surface area contributed by atoms with Gasteiger partial charge in [-0.05, 0) is 80.0 Å². The Balaban J connectivity index is 1.07. The number of rotatable bonds is 9. The molecule has 0 unspecified atom stereocenters. The van der Waals surface area contributed by atoms with Crippen LogP contribution in [0.3, 0.4) is 0 Å². The Morgan fingerprint density at radius 2 is 1.50 bits per heavy atom. The van der Waals surface area contributed by atoms with Crippen LogP contribution in [0.1, 0.15) is 77.1 Å². The Kier molecular flexibility index (Phi) is 9.50. The van der Waals surface area contributed by atoms with Gasteiger partial charge in [-0.15, -0.1) is 0 Å². The van der Waals surface area contributed by atoms with Crippen molar-refractivity contribution in [1.82, 2.24) is 45.4 Å². The second kappa shape index (κ2) is 14.5. The standard InChI is InChI=1S/C40H45N9O7/c1-19(2)30(46-39(52)53)37(50)48-16-6-8-27(48)35-42-25-15-14-23-22(32(25)44-35)11-13-24(41-23)29-18-21-10-12-26-33(34(21)56-29)45-36(43-26)28-9-7-17-49(28)38(51)31(20(3)4)47-40(54)55-5/h10-15,18-20,27-28,30-31,41,46H,6-9,16-17H2,1-5H3,(H,43,45)(H,47,54)(H,52,53)/t27-,28-,30-,31-/m0/s1. The van der Waals surface area contributed by atoms with Crippen LogP contribution in [0.25, 0.3) is 55.4 Å². The summed E-state index contributed by atoms with van der Waals surface area (Å²) in [6.07, 6.45) is 1.13. The molecule has 8 rings (SSSR count). The molecule has 6 heterocycles. The molecule has 292 valence electrons. The molecule has 0 spiro atoms. The number of hydrogen-bond acceptors (Lipinski definition) is 9. The number of nitrogens with zero attached hydrogens (tertiary/aromatic N) is 5. The second-order valence-corrected chi connectivity index (χ2v) is 15.4. The van der Waals surface area contributed by atoms with Crippen molar-refractivity contribution in [3.05, 3.63) is 54.1 Å². The third-order valence-electron chi connectivity index (χ3n) is 11.1. The highest BCUT2D eigenvalue weighted by Crippen LogP contribution is 2.38. The number of methoxy groups -OCH3 is 1. The number of alkyl carbamates (subject to hydrolysis) is 1. The molecule has 2 saturated heterocycles. The number of imidazole rings is 2. The number of nitrogens with one attached hydrogen (secondary N) is 4. The van der Waals surface area contributed by atoms with Gasteiger partial charge in [-0.2, -0.15) is 0 Å². The number of aromatic nitrogens is 5. The third-order valence-corrected chi connectivity index (χ3v) is 11.1. The number of H-pyrrole nitrogens is 2. The average molecular weight is 764 g/mol. The van der Waals surface area contributed by atoms with Gasteiger partial charge in [-0.25, -0.2) is 24.5 Å². The van der Waals surface area contributed by atoms with Gasteiger partial charge in [0.15, 0.2) is 17.2 Å². The van der Waals surface area contributed by atoms with Gasteiger partial charge in [0.1, 0.15) is 28.9 Å². The average Bonchev–Trinajstić information content (AvgIpc) is 4.02. The molecule has 56 heavy (non-hydrogen) atoms. The second-order valence-electron chi connectivity index (χ2n) is 15.4. The maximum Gasteiger partial charge on any atom is 0.407 e. The number of pyridine rings is 1. The minimum atomic E-state index is -1.23. The van der Waals surface area contributed by atoms with Crippen LogP contribution in [0.4, 0.5) is 9.59 Å². The van der Waals surface area contributed by atoms with E-state index in [0.29, 0.717) is 59.1 Å². The molecule has 2 aromatic carbocycles. The molecule has 16 heteroatoms. The molecule has 5 N–H and O–H groups in total. The molecular formula is C40H45N9O7. The Morgan fingerprint density at radius 3 is 2.20 bits per heavy atom. The predicted octanol–water partition coefficient (Wildman–Crippen LogP) is 6.40. The molecule has 0 saturated carbocycles. The maximum absolute atomic E-state index is 13.7. The van der Waals surface area contributed by atoms with Gasteiger partial charge in [0, 0.05) is 29.4 Å². The van der Waals surface area contributed by atoms with E-state index in [1.807, 2.05) is 70.2 Å². The van der Waals surface area contributed by atoms with Gasteiger partial charge in [-0.3, -0.25) is 9.59 Å². The normalized spacial score (nSPS) is 18.5. The van der Waals surface area contributed by atoms with Crippen LogP contribution in [0.5, 0.6) is 0 Å². The number of amides is 4. The van der Waals surface area contributed by atoms with E-state index in [-0.39, 0.29) is 35.7 Å². The van der Waals surface area contributed by atoms with Crippen LogP contribution in [0.15, 0.2) is 46.9 Å². The zero-order valence-electron chi connectivity index (χ0n) is 31.9. The van der Waals surface area contributed by atoms with Crippen molar-refractivity contribution in [2.75, 3.05) is 20.2 Å². The quantitative estimate of drug-likeness (QED) is 0.109. The van der Waals surface area contributed by atoms with E-state index in [2.05, 4.69) is 20.6 Å². The summed E-state index contributed by atoms with van der Waals surface area (Å²) in [4.78, 5) is 75.8. The van der Waals surface area contributed by atoms with E-state index in [1.54, 1.807) is 9.80 Å². The maximum atomic E-state index is 13.7. The lowest BCUT2D eigenvalue weighted by atomic mass is 10.0. The highest BCUT2D eigenvalue weighted by atomic mass is 16.5. The topological polar surface area (TPSA) is 212 Å². The summed E-state index contributed by atoms with van der Waals surface area (Å²) in [5, 5.41) is 16.2. The number of ether oxygens (including phenoxy) is 1. The highest BCUT2D eigenvalue weighted by Gasteiger charge is 2.39. The largest absolute Gasteiger partial charge is 0.465 e. The molecule has 2 aliphatic heterocycles. The number of likely N-dealkylation sites (tertiary alicyclic amines) is 2. The van der Waals surface area contributed by atoms with Crippen LogP contribution < -0.4 is 10.6 Å². The molecule has 4 aromatic heterocycles. The Bertz CT molecular complexity index is 2500. The number of hydrogen-bond donors (Lipinski definition) is 5. The van der Waals surface area contributed by atoms with E-state index < -0.39 is 24.3 Å². The zero-order valence-corrected chi connectivity index (χ0v) is 31.9. The fourth-order valence-corrected chi connectivity index (χ4v) is 8.19. The number of benzene rings is 2. The first-order valence-corrected chi connectivity index (χ1v) is 19.1. The van der Waals surface area contributed by atoms with Gasteiger partial charge in [0.2, 0.25) is 11.8 Å². The number of carboxylic acid groups (broad SMARTS) is 1. The van der Waals surface area contributed by atoms with E-state index in [0.717, 1.165) is 46.8 Å². The van der Waals surface area contributed by atoms with Crippen LogP contribution >= 0.6 is 0 Å². The van der Waals surface area contributed by atoms with Crippen molar-refractivity contribution in [1.29, 1.82) is 0 Å². The fourth-order valence-electron chi connectivity index (χ4n) is 8.19. The van der Waals surface area contributed by atoms with E-state index in [9.17, 15) is 24.3 Å². The minimum absolute atomic E-state index is 0.138. The lowest BCUT2D eigenvalue weighted by Crippen LogP contribution is -2.51. The zero-order chi connectivity index (χ0) is 39.4. The van der Waals surface area contributed by atoms with Crippen molar-refractivity contribution in [2.24, 2.45) is 11.8 Å². The lowest BCUT2D eigenvalue weighted by Gasteiger charge is -2.29. The SMILES string of the molecule is COC(=O)N[C@H](C(=O)N1CCC[C@H]1c1nc2c(ccc3cc(-c4ccc5c(ccc6nc([C@@H]7CCCN7C(=O)[C@@H](NC(=O)O)C(C)C)nc65)[nH]4)oc32)[nH]1)C(C)C. The number of carbonyl (C=O) groups is 4. The molecule has 2 fully saturated rings. The molecule has 16 nitrogen and oxygen atoms in total. The Hall–Kier alpha value is -6.19. The Labute approximate surface area is 321 Å². The van der Waals surface area contributed by atoms with Crippen molar-refractivity contribution in [3.63, 3.8) is 0 Å². The number of furan rings is 1. The van der Waals surface area contributed by atoms with E-state index in [4.69, 9.17) is 24.1 Å². The smallest absolute Gasteiger partial charge is 0.407 e. The fraction of sp³-hybridized carbons (Fsp3) is 0.425. The molecule has 0 bridgehead atoms. The summed E-state index contributed by atoms with van der Waals surface area (Å²) >= 11 is 0. The van der Waals surface area contributed by atoms with E-state index in [1.165, 1.54) is 7.11 Å². The van der Waals surface area contributed by atoms with Gasteiger partial charge >= 0.3 is 12.2 Å². The first kappa shape index (κ1) is 36.8. The van der Waals surface area contributed by atoms with Crippen molar-refractivity contribution in [3.8, 4) is 11.5 Å². The van der Waals surface area contributed by atoms with Crippen LogP contribution in [-0.4, -0.2) is 96.1 Å². The Morgan fingerprint density at radius 1 is 0.821 bits per heavy atom. The number of fused-ring (bicyclic) bond motifs is 6. The first-order chi connectivity index (χ1) is 26.9. The summed E-state index contributed by atoms with van der Waals surface area (Å²) in [6.45, 7) is 8.48. The summed E-state index contributed by atoms with van der Waals surface area (Å²) < 4.78 is 11.3. The summed E-state index contributed by atoms with van der Waals surface area (Å²) in [7, 11) is 1.28. The lowest BCUT2D eigenvalue weighted by molar-refractivity contribution is -0.136. The number of carbonyl (C=O) groups excluding carboxylic acids is 3. The van der Waals surface area contributed by atoms with Crippen LogP contribution in [0, 0.1) is 11.8 Å². The molecule has 0 radical (unpaired) electrons. The predicted molar refractivity (Wildman–Crippen MR) is 208 cm³/mol. The summed E-state index contributed by atoms with van der Waals surface area (Å²) in [5.74, 6) is 1.03. The molecule has 4 amide bonds. The third kappa shape index (κ3) is 6.51. The molecule has 0 aliphatic carbocycles. The van der Waals surface area contributed by atoms with Crippen LogP contribution in [-0.2, 0) is 14.3 Å². The van der Waals surface area contributed by atoms with Crippen LogP contribution in [0.2, 0.25) is 0 Å². The minimum Gasteiger partial charge on any atom is -0.465 e. The van der Waals surface area contributed by atoms with Crippen molar-refractivity contribution < 1.29 is 33.4 Å². The monoisotopic (exact) mass is 763 g/mol. The molecular weight excluding hydrogens is 718 g/mol. The summed E-state index contributed by atoms with van der Waals surface area (Å²) in [5.41, 5.74) is 5.06. The number of aromatic amines is 2. The molecule has 2 aliphatic rings. The van der Waals surface area contributed by atoms with Gasteiger partial charge < -0.3 is 44.7 Å². The summed E-state index contributed by atoms with van der Waals surface area (Å²) in [6, 6.07) is 11.4. The van der Waals surface area contributed by atoms with Gasteiger partial charge in [0.05, 0.1) is 35.9 Å². The first-order valence-electron chi connectivity index (χ1n) is 19.1. The molecule has 6 aromatic rings. The molecule has 4 atom stereocenters. The van der Waals surface area contributed by atoms with Crippen molar-refractivity contribution in [2.45, 2.75) is 77.5 Å².